The lowest BCUT2D eigenvalue weighted by atomic mass is 10.3. The summed E-state index contributed by atoms with van der Waals surface area (Å²) < 4.78 is 5.32. The number of aliphatic hydroxyl groups is 1. The number of ether oxygens (including phenoxy) is 1. The highest BCUT2D eigenvalue weighted by atomic mass is 35.5. The van der Waals surface area contributed by atoms with Gasteiger partial charge in [0.1, 0.15) is 5.75 Å². The van der Waals surface area contributed by atoms with Crippen LogP contribution in [0.5, 0.6) is 5.75 Å². The standard InChI is InChI=1S/C14H19ClN2O3/c1-3-7-17(8-9-18)14(19)16-11-5-6-13(20-4-2)12(15)10-11/h3,5-6,10,18H,1,4,7-9H2,2H3,(H,16,19). The van der Waals surface area contributed by atoms with Gasteiger partial charge in [-0.1, -0.05) is 17.7 Å². The Morgan fingerprint density at radius 1 is 1.60 bits per heavy atom. The zero-order valence-electron chi connectivity index (χ0n) is 11.4. The van der Waals surface area contributed by atoms with Gasteiger partial charge in [-0.2, -0.15) is 0 Å². The number of halogens is 1. The molecule has 0 unspecified atom stereocenters. The average molecular weight is 299 g/mol. The number of benzene rings is 1. The number of nitrogens with one attached hydrogen (secondary N) is 1. The predicted octanol–water partition coefficient (Wildman–Crippen LogP) is 2.75. The number of carbonyl (C=O) groups excluding carboxylic acids is 1. The molecule has 2 N–H and O–H groups in total. The number of nitrogens with zero attached hydrogens (tertiary/aromatic N) is 1. The molecule has 0 saturated carbocycles. The van der Waals surface area contributed by atoms with E-state index < -0.39 is 0 Å². The van der Waals surface area contributed by atoms with E-state index in [0.717, 1.165) is 0 Å². The Balaban J connectivity index is 2.73. The number of rotatable bonds is 7. The number of urea groups is 1. The highest BCUT2D eigenvalue weighted by Gasteiger charge is 2.12. The van der Waals surface area contributed by atoms with Gasteiger partial charge >= 0.3 is 6.03 Å². The van der Waals surface area contributed by atoms with E-state index in [1.807, 2.05) is 6.92 Å². The Labute approximate surface area is 123 Å². The first-order valence-electron chi connectivity index (χ1n) is 6.32. The minimum atomic E-state index is -0.320. The molecule has 1 aromatic rings. The second kappa shape index (κ2) is 8.45. The summed E-state index contributed by atoms with van der Waals surface area (Å²) in [5.74, 6) is 0.575. The molecule has 1 rings (SSSR count). The van der Waals surface area contributed by atoms with Gasteiger partial charge in [0, 0.05) is 18.8 Å². The molecule has 110 valence electrons. The van der Waals surface area contributed by atoms with Crippen LogP contribution in [0.15, 0.2) is 30.9 Å². The zero-order valence-corrected chi connectivity index (χ0v) is 12.2. The van der Waals surface area contributed by atoms with Crippen molar-refractivity contribution in [2.45, 2.75) is 6.92 Å². The van der Waals surface area contributed by atoms with Gasteiger partial charge in [0.2, 0.25) is 0 Å². The van der Waals surface area contributed by atoms with Crippen LogP contribution in [0, 0.1) is 0 Å². The molecular weight excluding hydrogens is 280 g/mol. The molecule has 0 spiro atoms. The zero-order chi connectivity index (χ0) is 15.0. The molecule has 2 amide bonds. The van der Waals surface area contributed by atoms with Crippen LogP contribution in [-0.2, 0) is 0 Å². The highest BCUT2D eigenvalue weighted by molar-refractivity contribution is 6.32. The molecule has 0 heterocycles. The predicted molar refractivity (Wildman–Crippen MR) is 80.5 cm³/mol. The van der Waals surface area contributed by atoms with Gasteiger partial charge in [-0.15, -0.1) is 6.58 Å². The van der Waals surface area contributed by atoms with Crippen LogP contribution < -0.4 is 10.1 Å². The second-order valence-corrected chi connectivity index (χ2v) is 4.37. The number of anilines is 1. The molecular formula is C14H19ClN2O3. The van der Waals surface area contributed by atoms with Crippen LogP contribution in [-0.4, -0.2) is 42.3 Å². The molecule has 0 aliphatic rings. The molecule has 0 atom stereocenters. The molecule has 5 nitrogen and oxygen atoms in total. The maximum absolute atomic E-state index is 12.0. The normalized spacial score (nSPS) is 9.95. The molecule has 20 heavy (non-hydrogen) atoms. The topological polar surface area (TPSA) is 61.8 Å². The van der Waals surface area contributed by atoms with E-state index in [4.69, 9.17) is 21.4 Å². The molecule has 0 saturated heterocycles. The summed E-state index contributed by atoms with van der Waals surface area (Å²) in [6, 6.07) is 4.71. The quantitative estimate of drug-likeness (QED) is 0.761. The minimum Gasteiger partial charge on any atom is -0.492 e. The molecule has 0 bridgehead atoms. The monoisotopic (exact) mass is 298 g/mol. The largest absolute Gasteiger partial charge is 0.492 e. The van der Waals surface area contributed by atoms with Gasteiger partial charge in [0.15, 0.2) is 0 Å². The van der Waals surface area contributed by atoms with Crippen molar-refractivity contribution < 1.29 is 14.6 Å². The Morgan fingerprint density at radius 2 is 2.35 bits per heavy atom. The molecule has 0 aliphatic heterocycles. The van der Waals surface area contributed by atoms with Crippen molar-refractivity contribution in [3.8, 4) is 5.75 Å². The van der Waals surface area contributed by atoms with Gasteiger partial charge in [-0.3, -0.25) is 0 Å². The third-order valence-corrected chi connectivity index (χ3v) is 2.78. The summed E-state index contributed by atoms with van der Waals surface area (Å²) >= 11 is 6.05. The Hall–Kier alpha value is -1.72. The minimum absolute atomic E-state index is 0.106. The molecule has 0 radical (unpaired) electrons. The van der Waals surface area contributed by atoms with Crippen molar-refractivity contribution in [1.82, 2.24) is 4.90 Å². The number of hydrogen-bond acceptors (Lipinski definition) is 3. The fraction of sp³-hybridized carbons (Fsp3) is 0.357. The van der Waals surface area contributed by atoms with Crippen molar-refractivity contribution in [3.63, 3.8) is 0 Å². The van der Waals surface area contributed by atoms with Crippen LogP contribution in [0.25, 0.3) is 0 Å². The molecule has 0 fully saturated rings. The van der Waals surface area contributed by atoms with Crippen LogP contribution >= 0.6 is 11.6 Å². The van der Waals surface area contributed by atoms with Crippen LogP contribution in [0.1, 0.15) is 6.92 Å². The first kappa shape index (κ1) is 16.3. The van der Waals surface area contributed by atoms with Gasteiger partial charge in [0.25, 0.3) is 0 Å². The third-order valence-electron chi connectivity index (χ3n) is 2.49. The summed E-state index contributed by atoms with van der Waals surface area (Å²) in [5, 5.41) is 12.1. The van der Waals surface area contributed by atoms with E-state index in [1.54, 1.807) is 24.3 Å². The van der Waals surface area contributed by atoms with E-state index in [-0.39, 0.29) is 19.2 Å². The fourth-order valence-corrected chi connectivity index (χ4v) is 1.84. The smallest absolute Gasteiger partial charge is 0.322 e. The highest BCUT2D eigenvalue weighted by Crippen LogP contribution is 2.27. The van der Waals surface area contributed by atoms with E-state index in [9.17, 15) is 4.79 Å². The van der Waals surface area contributed by atoms with Gasteiger partial charge in [0.05, 0.1) is 18.2 Å². The van der Waals surface area contributed by atoms with Gasteiger partial charge in [-0.25, -0.2) is 4.79 Å². The Kier molecular flexibility index (Phi) is 6.90. The molecule has 0 aliphatic carbocycles. The lowest BCUT2D eigenvalue weighted by molar-refractivity contribution is 0.195. The van der Waals surface area contributed by atoms with Crippen molar-refractivity contribution in [2.24, 2.45) is 0 Å². The first-order chi connectivity index (χ1) is 9.62. The van der Waals surface area contributed by atoms with Crippen molar-refractivity contribution >= 4 is 23.3 Å². The summed E-state index contributed by atoms with van der Waals surface area (Å²) in [6.07, 6.45) is 1.60. The molecule has 6 heteroatoms. The Morgan fingerprint density at radius 3 is 2.90 bits per heavy atom. The van der Waals surface area contributed by atoms with E-state index in [2.05, 4.69) is 11.9 Å². The van der Waals surface area contributed by atoms with Crippen LogP contribution in [0.3, 0.4) is 0 Å². The van der Waals surface area contributed by atoms with E-state index in [1.165, 1.54) is 4.90 Å². The molecule has 0 aromatic heterocycles. The van der Waals surface area contributed by atoms with Crippen LogP contribution in [0.2, 0.25) is 5.02 Å². The third kappa shape index (κ3) is 4.75. The lowest BCUT2D eigenvalue weighted by Gasteiger charge is -2.20. The van der Waals surface area contributed by atoms with Gasteiger partial charge < -0.3 is 20.1 Å². The van der Waals surface area contributed by atoms with Gasteiger partial charge in [-0.05, 0) is 25.1 Å². The maximum Gasteiger partial charge on any atom is 0.322 e. The number of aliphatic hydroxyl groups excluding tert-OH is 1. The number of amides is 2. The Bertz CT molecular complexity index is 466. The van der Waals surface area contributed by atoms with Crippen molar-refractivity contribution in [1.29, 1.82) is 0 Å². The fourth-order valence-electron chi connectivity index (χ4n) is 1.61. The lowest BCUT2D eigenvalue weighted by Crippen LogP contribution is -2.37. The number of hydrogen-bond donors (Lipinski definition) is 2. The summed E-state index contributed by atoms with van der Waals surface area (Å²) in [5.41, 5.74) is 0.565. The van der Waals surface area contributed by atoms with E-state index >= 15 is 0 Å². The summed E-state index contributed by atoms with van der Waals surface area (Å²) in [7, 11) is 0. The second-order valence-electron chi connectivity index (χ2n) is 3.97. The van der Waals surface area contributed by atoms with Crippen LogP contribution in [0.4, 0.5) is 10.5 Å². The SMILES string of the molecule is C=CCN(CCO)C(=O)Nc1ccc(OCC)c(Cl)c1. The van der Waals surface area contributed by atoms with Crippen molar-refractivity contribution in [2.75, 3.05) is 31.6 Å². The number of carbonyl (C=O) groups is 1. The maximum atomic E-state index is 12.0. The average Bonchev–Trinajstić information content (AvgIpc) is 2.42. The molecule has 1 aromatic carbocycles. The van der Waals surface area contributed by atoms with E-state index in [0.29, 0.717) is 29.6 Å². The summed E-state index contributed by atoms with van der Waals surface area (Å²) in [6.45, 7) is 6.46. The first-order valence-corrected chi connectivity index (χ1v) is 6.70. The van der Waals surface area contributed by atoms with Crippen molar-refractivity contribution in [3.05, 3.63) is 35.9 Å². The summed E-state index contributed by atoms with van der Waals surface area (Å²) in [4.78, 5) is 13.4.